The summed E-state index contributed by atoms with van der Waals surface area (Å²) in [6, 6.07) is 6.24. The van der Waals surface area contributed by atoms with E-state index in [0.29, 0.717) is 32.1 Å². The van der Waals surface area contributed by atoms with Crippen LogP contribution in [0, 0.1) is 19.7 Å². The Morgan fingerprint density at radius 3 is 2.45 bits per heavy atom. The zero-order valence-electron chi connectivity index (χ0n) is 18.6. The lowest BCUT2D eigenvalue weighted by molar-refractivity contribution is 0.0742. The van der Waals surface area contributed by atoms with Crippen LogP contribution in [0.25, 0.3) is 5.69 Å². The summed E-state index contributed by atoms with van der Waals surface area (Å²) in [7, 11) is 0. The highest BCUT2D eigenvalue weighted by Crippen LogP contribution is 2.40. The standard InChI is InChI=1S/C24H26FN5O3/c1-14-11-17(16-3-4-16)13-26-21(14)28-7-9-29(10-8-28)23(32)19-6-5-18(12-20(19)25)30-15(2)22(31)27-24(30)33/h5-6,11-13,16,31H,3-4,7-10H2,1-2H3,(H,27,33). The number of piperazine rings is 1. The molecule has 3 heterocycles. The van der Waals surface area contributed by atoms with E-state index in [9.17, 15) is 19.1 Å². The van der Waals surface area contributed by atoms with E-state index in [4.69, 9.17) is 0 Å². The summed E-state index contributed by atoms with van der Waals surface area (Å²) >= 11 is 0. The molecular weight excluding hydrogens is 425 g/mol. The topological polar surface area (TPSA) is 94.5 Å². The van der Waals surface area contributed by atoms with Crippen LogP contribution in [-0.2, 0) is 0 Å². The third-order valence-corrected chi connectivity index (χ3v) is 6.53. The first-order valence-electron chi connectivity index (χ1n) is 11.1. The second kappa shape index (κ2) is 8.06. The lowest BCUT2D eigenvalue weighted by Crippen LogP contribution is -2.49. The number of nitrogens with one attached hydrogen (secondary N) is 1. The van der Waals surface area contributed by atoms with Gasteiger partial charge in [0.15, 0.2) is 0 Å². The molecule has 2 fully saturated rings. The van der Waals surface area contributed by atoms with E-state index in [1.807, 2.05) is 6.20 Å². The van der Waals surface area contributed by atoms with Crippen molar-refractivity contribution in [2.75, 3.05) is 31.1 Å². The number of carbonyl (C=O) groups excluding carboxylic acids is 1. The van der Waals surface area contributed by atoms with E-state index in [2.05, 4.69) is 27.9 Å². The number of H-pyrrole nitrogens is 1. The maximum Gasteiger partial charge on any atom is 0.333 e. The van der Waals surface area contributed by atoms with Crippen molar-refractivity contribution in [1.29, 1.82) is 0 Å². The van der Waals surface area contributed by atoms with Crippen molar-refractivity contribution < 1.29 is 14.3 Å². The van der Waals surface area contributed by atoms with E-state index in [0.717, 1.165) is 22.0 Å². The molecule has 0 atom stereocenters. The monoisotopic (exact) mass is 451 g/mol. The van der Waals surface area contributed by atoms with E-state index in [1.54, 1.807) is 11.8 Å². The van der Waals surface area contributed by atoms with Crippen LogP contribution in [-0.4, -0.2) is 56.6 Å². The van der Waals surface area contributed by atoms with Gasteiger partial charge in [-0.1, -0.05) is 6.07 Å². The number of anilines is 1. The first-order chi connectivity index (χ1) is 15.8. The van der Waals surface area contributed by atoms with Gasteiger partial charge in [0, 0.05) is 32.4 Å². The van der Waals surface area contributed by atoms with Gasteiger partial charge in [0.1, 0.15) is 11.6 Å². The number of rotatable bonds is 4. The SMILES string of the molecule is Cc1cc(C2CC2)cnc1N1CCN(C(=O)c2ccc(-n3c(C)c(O)[nH]c3=O)cc2F)CC1. The van der Waals surface area contributed by atoms with Crippen LogP contribution in [0.15, 0.2) is 35.3 Å². The number of nitrogens with zero attached hydrogens (tertiary/aromatic N) is 4. The number of aromatic hydroxyl groups is 1. The quantitative estimate of drug-likeness (QED) is 0.636. The molecular formula is C24H26FN5O3. The molecule has 2 aromatic heterocycles. The van der Waals surface area contributed by atoms with Crippen molar-refractivity contribution in [3.8, 4) is 11.6 Å². The zero-order valence-corrected chi connectivity index (χ0v) is 18.6. The summed E-state index contributed by atoms with van der Waals surface area (Å²) in [6.45, 7) is 5.80. The Labute approximate surface area is 190 Å². The first-order valence-corrected chi connectivity index (χ1v) is 11.1. The Morgan fingerprint density at radius 2 is 1.88 bits per heavy atom. The fourth-order valence-electron chi connectivity index (χ4n) is 4.49. The second-order valence-electron chi connectivity index (χ2n) is 8.83. The van der Waals surface area contributed by atoms with Crippen LogP contribution in [0.5, 0.6) is 5.88 Å². The predicted molar refractivity (Wildman–Crippen MR) is 122 cm³/mol. The molecule has 0 radical (unpaired) electrons. The number of halogens is 1. The molecule has 2 N–H and O–H groups in total. The maximum atomic E-state index is 14.9. The Morgan fingerprint density at radius 1 is 1.15 bits per heavy atom. The fourth-order valence-corrected chi connectivity index (χ4v) is 4.49. The average molecular weight is 452 g/mol. The molecule has 1 saturated carbocycles. The number of aromatic amines is 1. The third kappa shape index (κ3) is 3.88. The van der Waals surface area contributed by atoms with Crippen molar-refractivity contribution in [2.45, 2.75) is 32.6 Å². The second-order valence-corrected chi connectivity index (χ2v) is 8.83. The Balaban J connectivity index is 1.28. The number of amides is 1. The molecule has 1 aromatic carbocycles. The summed E-state index contributed by atoms with van der Waals surface area (Å²) in [5.74, 6) is 0.239. The minimum absolute atomic E-state index is 0.0410. The molecule has 5 rings (SSSR count). The van der Waals surface area contributed by atoms with Gasteiger partial charge >= 0.3 is 5.69 Å². The van der Waals surface area contributed by atoms with E-state index >= 15 is 0 Å². The van der Waals surface area contributed by atoms with Gasteiger partial charge in [0.05, 0.1) is 16.9 Å². The highest BCUT2D eigenvalue weighted by Gasteiger charge is 2.28. The third-order valence-electron chi connectivity index (χ3n) is 6.53. The minimum Gasteiger partial charge on any atom is -0.493 e. The summed E-state index contributed by atoms with van der Waals surface area (Å²) in [5, 5.41) is 9.69. The Hall–Kier alpha value is -3.62. The highest BCUT2D eigenvalue weighted by molar-refractivity contribution is 5.95. The van der Waals surface area contributed by atoms with Gasteiger partial charge in [0.25, 0.3) is 5.91 Å². The summed E-state index contributed by atoms with van der Waals surface area (Å²) in [4.78, 5) is 35.7. The van der Waals surface area contributed by atoms with Gasteiger partial charge < -0.3 is 14.9 Å². The first kappa shape index (κ1) is 21.2. The molecule has 2 aliphatic rings. The predicted octanol–water partition coefficient (Wildman–Crippen LogP) is 2.86. The molecule has 0 bridgehead atoms. The Bertz CT molecular complexity index is 1290. The van der Waals surface area contributed by atoms with E-state index < -0.39 is 11.5 Å². The van der Waals surface area contributed by atoms with Crippen LogP contribution < -0.4 is 10.6 Å². The van der Waals surface area contributed by atoms with Crippen LogP contribution in [0.4, 0.5) is 10.2 Å². The summed E-state index contributed by atoms with van der Waals surface area (Å²) in [5.41, 5.74) is 2.33. The maximum absolute atomic E-state index is 14.9. The largest absolute Gasteiger partial charge is 0.493 e. The molecule has 1 aliphatic heterocycles. The van der Waals surface area contributed by atoms with Crippen LogP contribution in [0.2, 0.25) is 0 Å². The van der Waals surface area contributed by atoms with Crippen molar-refractivity contribution in [2.24, 2.45) is 0 Å². The summed E-state index contributed by atoms with van der Waals surface area (Å²) < 4.78 is 16.0. The molecule has 0 unspecified atom stereocenters. The van der Waals surface area contributed by atoms with Gasteiger partial charge in [-0.15, -0.1) is 0 Å². The average Bonchev–Trinajstić information content (AvgIpc) is 3.61. The van der Waals surface area contributed by atoms with E-state index in [-0.39, 0.29) is 28.7 Å². The van der Waals surface area contributed by atoms with Crippen molar-refractivity contribution in [1.82, 2.24) is 19.4 Å². The van der Waals surface area contributed by atoms with Gasteiger partial charge in [-0.3, -0.25) is 14.3 Å². The molecule has 0 spiro atoms. The molecule has 1 aliphatic carbocycles. The number of carbonyl (C=O) groups is 1. The Kier molecular flexibility index (Phi) is 5.19. The van der Waals surface area contributed by atoms with Crippen molar-refractivity contribution in [3.05, 3.63) is 69.1 Å². The molecule has 9 heteroatoms. The number of aryl methyl sites for hydroxylation is 1. The number of benzene rings is 1. The number of pyridine rings is 1. The van der Waals surface area contributed by atoms with Gasteiger partial charge in [-0.05, 0) is 61.9 Å². The molecule has 172 valence electrons. The molecule has 33 heavy (non-hydrogen) atoms. The molecule has 8 nitrogen and oxygen atoms in total. The van der Waals surface area contributed by atoms with Crippen LogP contribution in [0.3, 0.4) is 0 Å². The van der Waals surface area contributed by atoms with Crippen LogP contribution >= 0.6 is 0 Å². The number of hydrogen-bond donors (Lipinski definition) is 2. The zero-order chi connectivity index (χ0) is 23.3. The van der Waals surface area contributed by atoms with Gasteiger partial charge in [-0.2, -0.15) is 0 Å². The number of aromatic nitrogens is 3. The van der Waals surface area contributed by atoms with E-state index in [1.165, 1.54) is 30.5 Å². The smallest absolute Gasteiger partial charge is 0.333 e. The van der Waals surface area contributed by atoms with Crippen LogP contribution in [0.1, 0.15) is 45.9 Å². The lowest BCUT2D eigenvalue weighted by Gasteiger charge is -2.36. The number of imidazole rings is 1. The van der Waals surface area contributed by atoms with Crippen molar-refractivity contribution >= 4 is 11.7 Å². The lowest BCUT2D eigenvalue weighted by atomic mass is 10.1. The normalized spacial score (nSPS) is 16.3. The summed E-state index contributed by atoms with van der Waals surface area (Å²) in [6.07, 6.45) is 4.44. The highest BCUT2D eigenvalue weighted by atomic mass is 19.1. The molecule has 1 amide bonds. The fraction of sp³-hybridized carbons (Fsp3) is 0.375. The minimum atomic E-state index is -0.708. The number of hydrogen-bond acceptors (Lipinski definition) is 5. The van der Waals surface area contributed by atoms with Gasteiger partial charge in [0.2, 0.25) is 5.88 Å². The van der Waals surface area contributed by atoms with Gasteiger partial charge in [-0.25, -0.2) is 14.2 Å². The van der Waals surface area contributed by atoms with Crippen molar-refractivity contribution in [3.63, 3.8) is 0 Å². The molecule has 3 aromatic rings. The molecule has 1 saturated heterocycles.